The van der Waals surface area contributed by atoms with Crippen molar-refractivity contribution in [3.63, 3.8) is 0 Å². The van der Waals surface area contributed by atoms with Crippen molar-refractivity contribution in [1.29, 1.82) is 0 Å². The van der Waals surface area contributed by atoms with Gasteiger partial charge in [-0.15, -0.1) is 0 Å². The van der Waals surface area contributed by atoms with Gasteiger partial charge in [-0.25, -0.2) is 4.79 Å². The van der Waals surface area contributed by atoms with Gasteiger partial charge in [-0.05, 0) is 31.9 Å². The smallest absolute Gasteiger partial charge is 0.319 e. The Balaban J connectivity index is 1.46. The van der Waals surface area contributed by atoms with Gasteiger partial charge in [0.05, 0.1) is 0 Å². The highest BCUT2D eigenvalue weighted by molar-refractivity contribution is 5.89. The van der Waals surface area contributed by atoms with Crippen LogP contribution in [0.1, 0.15) is 18.5 Å². The molecule has 22 heavy (non-hydrogen) atoms. The Labute approximate surface area is 129 Å². The van der Waals surface area contributed by atoms with Crippen molar-refractivity contribution >= 4 is 17.5 Å². The van der Waals surface area contributed by atoms with Gasteiger partial charge in [0.2, 0.25) is 0 Å². The first-order valence-electron chi connectivity index (χ1n) is 7.60. The van der Waals surface area contributed by atoms with Crippen LogP contribution in [0.3, 0.4) is 0 Å². The molecule has 3 rings (SSSR count). The number of rotatable bonds is 3. The van der Waals surface area contributed by atoms with Crippen LogP contribution in [0.15, 0.2) is 36.4 Å². The first-order chi connectivity index (χ1) is 10.7. The van der Waals surface area contributed by atoms with Crippen molar-refractivity contribution in [3.05, 3.63) is 42.1 Å². The lowest BCUT2D eigenvalue weighted by atomic mass is 10.1. The summed E-state index contributed by atoms with van der Waals surface area (Å²) in [5.74, 6) is 0.990. The number of nitrogens with one attached hydrogen (secondary N) is 3. The normalized spacial score (nSPS) is 15.6. The average molecular weight is 299 g/mol. The van der Waals surface area contributed by atoms with E-state index in [9.17, 15) is 4.79 Å². The Morgan fingerprint density at radius 2 is 2.00 bits per heavy atom. The number of amides is 2. The zero-order valence-corrected chi connectivity index (χ0v) is 12.7. The molecule has 0 aliphatic carbocycles. The predicted molar refractivity (Wildman–Crippen MR) is 87.2 cm³/mol. The summed E-state index contributed by atoms with van der Waals surface area (Å²) in [4.78, 5) is 14.2. The van der Waals surface area contributed by atoms with Crippen LogP contribution in [0.4, 0.5) is 16.3 Å². The minimum absolute atomic E-state index is 0.139. The third-order valence-corrected chi connectivity index (χ3v) is 3.88. The topological polar surface area (TPSA) is 73.1 Å². The maximum atomic E-state index is 12.0. The van der Waals surface area contributed by atoms with Crippen molar-refractivity contribution in [2.45, 2.75) is 25.8 Å². The second-order valence-corrected chi connectivity index (χ2v) is 5.63. The second kappa shape index (κ2) is 6.51. The Morgan fingerprint density at radius 3 is 2.64 bits per heavy atom. The van der Waals surface area contributed by atoms with E-state index >= 15 is 0 Å². The molecule has 2 aromatic rings. The van der Waals surface area contributed by atoms with E-state index in [0.717, 1.165) is 43.1 Å². The molecule has 1 aromatic heterocycles. The molecular formula is C16H21N5O. The molecular weight excluding hydrogens is 278 g/mol. The van der Waals surface area contributed by atoms with E-state index in [4.69, 9.17) is 0 Å². The van der Waals surface area contributed by atoms with Gasteiger partial charge in [0.1, 0.15) is 0 Å². The molecule has 1 saturated heterocycles. The number of aromatic nitrogens is 2. The van der Waals surface area contributed by atoms with Crippen LogP contribution < -0.4 is 15.5 Å². The fourth-order valence-corrected chi connectivity index (χ4v) is 2.69. The van der Waals surface area contributed by atoms with Gasteiger partial charge in [-0.3, -0.25) is 5.10 Å². The van der Waals surface area contributed by atoms with E-state index in [-0.39, 0.29) is 12.1 Å². The van der Waals surface area contributed by atoms with E-state index in [1.165, 1.54) is 0 Å². The first-order valence-corrected chi connectivity index (χ1v) is 7.60. The summed E-state index contributed by atoms with van der Waals surface area (Å²) in [6, 6.07) is 11.6. The summed E-state index contributed by atoms with van der Waals surface area (Å²) >= 11 is 0. The van der Waals surface area contributed by atoms with Gasteiger partial charge in [0.15, 0.2) is 5.82 Å². The molecule has 116 valence electrons. The summed E-state index contributed by atoms with van der Waals surface area (Å²) in [7, 11) is 0. The summed E-state index contributed by atoms with van der Waals surface area (Å²) in [6.45, 7) is 3.81. The summed E-state index contributed by atoms with van der Waals surface area (Å²) < 4.78 is 0. The van der Waals surface area contributed by atoms with Gasteiger partial charge in [0.25, 0.3) is 0 Å². The van der Waals surface area contributed by atoms with Crippen LogP contribution in [0.5, 0.6) is 0 Å². The molecule has 3 N–H and O–H groups in total. The molecule has 2 amide bonds. The third-order valence-electron chi connectivity index (χ3n) is 3.88. The Morgan fingerprint density at radius 1 is 1.27 bits per heavy atom. The minimum atomic E-state index is -0.139. The van der Waals surface area contributed by atoms with Crippen molar-refractivity contribution < 1.29 is 4.79 Å². The van der Waals surface area contributed by atoms with Gasteiger partial charge < -0.3 is 15.5 Å². The van der Waals surface area contributed by atoms with Gasteiger partial charge in [0, 0.05) is 36.6 Å². The Kier molecular flexibility index (Phi) is 4.27. The quantitative estimate of drug-likeness (QED) is 0.815. The molecule has 1 fully saturated rings. The number of nitrogens with zero attached hydrogens (tertiary/aromatic N) is 2. The van der Waals surface area contributed by atoms with Crippen LogP contribution in [-0.2, 0) is 0 Å². The van der Waals surface area contributed by atoms with Crippen molar-refractivity contribution in [3.8, 4) is 0 Å². The number of carbonyl (C=O) groups excluding carboxylic acids is 1. The van der Waals surface area contributed by atoms with Gasteiger partial charge >= 0.3 is 6.03 Å². The van der Waals surface area contributed by atoms with Crippen molar-refractivity contribution in [1.82, 2.24) is 15.5 Å². The second-order valence-electron chi connectivity index (χ2n) is 5.63. The third kappa shape index (κ3) is 3.58. The van der Waals surface area contributed by atoms with Gasteiger partial charge in [-0.1, -0.05) is 18.2 Å². The number of urea groups is 1. The lowest BCUT2D eigenvalue weighted by Gasteiger charge is -2.32. The molecule has 0 radical (unpaired) electrons. The summed E-state index contributed by atoms with van der Waals surface area (Å²) in [5.41, 5.74) is 1.88. The number of H-pyrrole nitrogens is 1. The standard InChI is InChI=1S/C16H21N5O/c1-12-11-15(20-19-12)21-9-7-14(8-10-21)18-16(22)17-13-5-3-2-4-6-13/h2-6,11,14H,7-10H2,1H3,(H,19,20)(H2,17,18,22). The molecule has 6 nitrogen and oxygen atoms in total. The molecule has 1 aromatic carbocycles. The fourth-order valence-electron chi connectivity index (χ4n) is 2.69. The highest BCUT2D eigenvalue weighted by Gasteiger charge is 2.22. The maximum absolute atomic E-state index is 12.0. The lowest BCUT2D eigenvalue weighted by Crippen LogP contribution is -2.46. The van der Waals surface area contributed by atoms with E-state index in [2.05, 4.69) is 31.8 Å². The lowest BCUT2D eigenvalue weighted by molar-refractivity contribution is 0.246. The molecule has 1 aliphatic heterocycles. The largest absolute Gasteiger partial charge is 0.355 e. The summed E-state index contributed by atoms with van der Waals surface area (Å²) in [6.07, 6.45) is 1.85. The SMILES string of the molecule is Cc1cc(N2CCC(NC(=O)Nc3ccccc3)CC2)n[nH]1. The van der Waals surface area contributed by atoms with Crippen LogP contribution in [0.25, 0.3) is 0 Å². The van der Waals surface area contributed by atoms with Crippen LogP contribution in [0, 0.1) is 6.92 Å². The maximum Gasteiger partial charge on any atom is 0.319 e. The van der Waals surface area contributed by atoms with Crippen LogP contribution in [0.2, 0.25) is 0 Å². The number of benzene rings is 1. The van der Waals surface area contributed by atoms with Gasteiger partial charge in [-0.2, -0.15) is 5.10 Å². The van der Waals surface area contributed by atoms with Crippen LogP contribution in [-0.4, -0.2) is 35.4 Å². The monoisotopic (exact) mass is 299 g/mol. The predicted octanol–water partition coefficient (Wildman–Crippen LogP) is 2.51. The molecule has 2 heterocycles. The zero-order chi connectivity index (χ0) is 15.4. The number of hydrogen-bond acceptors (Lipinski definition) is 3. The van der Waals surface area contributed by atoms with E-state index in [1.807, 2.05) is 37.3 Å². The fraction of sp³-hybridized carbons (Fsp3) is 0.375. The first kappa shape index (κ1) is 14.4. The van der Waals surface area contributed by atoms with E-state index in [0.29, 0.717) is 0 Å². The molecule has 0 unspecified atom stereocenters. The number of hydrogen-bond donors (Lipinski definition) is 3. The highest BCUT2D eigenvalue weighted by Crippen LogP contribution is 2.18. The van der Waals surface area contributed by atoms with E-state index < -0.39 is 0 Å². The van der Waals surface area contributed by atoms with Crippen molar-refractivity contribution in [2.24, 2.45) is 0 Å². The van der Waals surface area contributed by atoms with Crippen LogP contribution >= 0.6 is 0 Å². The minimum Gasteiger partial charge on any atom is -0.355 e. The molecule has 0 spiro atoms. The number of carbonyl (C=O) groups is 1. The molecule has 1 aliphatic rings. The molecule has 0 bridgehead atoms. The summed E-state index contributed by atoms with van der Waals surface area (Å²) in [5, 5.41) is 13.1. The average Bonchev–Trinajstić information content (AvgIpc) is 2.95. The number of anilines is 2. The zero-order valence-electron chi connectivity index (χ0n) is 12.7. The number of aryl methyl sites for hydroxylation is 1. The molecule has 0 saturated carbocycles. The highest BCUT2D eigenvalue weighted by atomic mass is 16.2. The Bertz CT molecular complexity index is 616. The number of piperidine rings is 1. The molecule has 0 atom stereocenters. The van der Waals surface area contributed by atoms with E-state index in [1.54, 1.807) is 0 Å². The number of aromatic amines is 1. The van der Waals surface area contributed by atoms with Crippen molar-refractivity contribution in [2.75, 3.05) is 23.3 Å². The Hall–Kier alpha value is -2.50. The number of para-hydroxylation sites is 1. The molecule has 6 heteroatoms.